The van der Waals surface area contributed by atoms with Gasteiger partial charge in [-0.05, 0) is 31.2 Å². The molecule has 0 aliphatic carbocycles. The molecule has 1 atom stereocenters. The van der Waals surface area contributed by atoms with E-state index in [1.807, 2.05) is 12.1 Å². The molecule has 1 aromatic carbocycles. The molecule has 1 unspecified atom stereocenters. The van der Waals surface area contributed by atoms with E-state index in [1.165, 1.54) is 14.0 Å². The van der Waals surface area contributed by atoms with Crippen LogP contribution >= 0.6 is 11.8 Å². The van der Waals surface area contributed by atoms with Crippen molar-refractivity contribution in [3.8, 4) is 0 Å². The molecule has 0 aliphatic heterocycles. The zero-order chi connectivity index (χ0) is 16.0. The van der Waals surface area contributed by atoms with Crippen molar-refractivity contribution >= 4 is 23.6 Å². The molecule has 0 bridgehead atoms. The van der Waals surface area contributed by atoms with Gasteiger partial charge in [0, 0.05) is 22.8 Å². The predicted molar refractivity (Wildman–Crippen MR) is 82.8 cm³/mol. The van der Waals surface area contributed by atoms with Gasteiger partial charge in [-0.25, -0.2) is 4.79 Å². The molecule has 0 heterocycles. The lowest BCUT2D eigenvalue weighted by atomic mass is 10.0. The SMILES string of the molecule is COCC(C)(NC(=O)c1ccc(SC(C)C)cc1)C(=O)O. The fourth-order valence-corrected chi connectivity index (χ4v) is 2.56. The van der Waals surface area contributed by atoms with Gasteiger partial charge in [0.05, 0.1) is 6.61 Å². The molecule has 116 valence electrons. The summed E-state index contributed by atoms with van der Waals surface area (Å²) in [6.07, 6.45) is 0. The molecule has 1 amide bonds. The Labute approximate surface area is 129 Å². The Morgan fingerprint density at radius 1 is 1.33 bits per heavy atom. The highest BCUT2D eigenvalue weighted by Crippen LogP contribution is 2.23. The van der Waals surface area contributed by atoms with E-state index in [1.54, 1.807) is 23.9 Å². The van der Waals surface area contributed by atoms with E-state index in [0.717, 1.165) is 4.90 Å². The average molecular weight is 311 g/mol. The summed E-state index contributed by atoms with van der Waals surface area (Å²) in [6, 6.07) is 7.09. The number of hydrogen-bond donors (Lipinski definition) is 2. The van der Waals surface area contributed by atoms with Crippen LogP contribution in [0, 0.1) is 0 Å². The van der Waals surface area contributed by atoms with Crippen LogP contribution in [-0.4, -0.2) is 41.5 Å². The van der Waals surface area contributed by atoms with Crippen molar-refractivity contribution in [1.29, 1.82) is 0 Å². The second-order valence-corrected chi connectivity index (χ2v) is 6.87. The maximum atomic E-state index is 12.1. The van der Waals surface area contributed by atoms with E-state index in [4.69, 9.17) is 4.74 Å². The van der Waals surface area contributed by atoms with E-state index >= 15 is 0 Å². The summed E-state index contributed by atoms with van der Waals surface area (Å²) in [5.74, 6) is -1.57. The van der Waals surface area contributed by atoms with Crippen LogP contribution in [0.5, 0.6) is 0 Å². The summed E-state index contributed by atoms with van der Waals surface area (Å²) >= 11 is 1.70. The first kappa shape index (κ1) is 17.5. The highest BCUT2D eigenvalue weighted by molar-refractivity contribution is 7.99. The topological polar surface area (TPSA) is 75.6 Å². The molecule has 2 N–H and O–H groups in total. The number of methoxy groups -OCH3 is 1. The average Bonchev–Trinajstić information content (AvgIpc) is 2.38. The molecule has 0 saturated heterocycles. The molecule has 6 heteroatoms. The number of rotatable bonds is 7. The first-order valence-corrected chi connectivity index (χ1v) is 7.48. The molecule has 0 spiro atoms. The minimum absolute atomic E-state index is 0.102. The van der Waals surface area contributed by atoms with Gasteiger partial charge in [0.15, 0.2) is 5.54 Å². The highest BCUT2D eigenvalue weighted by atomic mass is 32.2. The Kier molecular flexibility index (Phi) is 6.23. The third-order valence-corrected chi connectivity index (χ3v) is 3.80. The molecule has 0 saturated carbocycles. The summed E-state index contributed by atoms with van der Waals surface area (Å²) in [4.78, 5) is 24.5. The van der Waals surface area contributed by atoms with Crippen LogP contribution in [0.3, 0.4) is 0 Å². The number of ether oxygens (including phenoxy) is 1. The summed E-state index contributed by atoms with van der Waals surface area (Å²) in [7, 11) is 1.39. The predicted octanol–water partition coefficient (Wildman–Crippen LogP) is 2.41. The molecular weight excluding hydrogens is 290 g/mol. The summed E-state index contributed by atoms with van der Waals surface area (Å²) in [5.41, 5.74) is -1.02. The second kappa shape index (κ2) is 7.47. The Morgan fingerprint density at radius 2 is 1.90 bits per heavy atom. The molecule has 21 heavy (non-hydrogen) atoms. The van der Waals surface area contributed by atoms with E-state index in [-0.39, 0.29) is 6.61 Å². The van der Waals surface area contributed by atoms with Crippen molar-refractivity contribution in [3.05, 3.63) is 29.8 Å². The fourth-order valence-electron chi connectivity index (χ4n) is 1.72. The standard InChI is InChI=1S/C15H21NO4S/c1-10(2)21-12-7-5-11(6-8-12)13(17)16-15(3,9-20-4)14(18)19/h5-8,10H,9H2,1-4H3,(H,16,17)(H,18,19). The van der Waals surface area contributed by atoms with Crippen molar-refractivity contribution in [1.82, 2.24) is 5.32 Å². The zero-order valence-corrected chi connectivity index (χ0v) is 13.5. The molecule has 1 rings (SSSR count). The van der Waals surface area contributed by atoms with Crippen molar-refractivity contribution in [2.75, 3.05) is 13.7 Å². The highest BCUT2D eigenvalue weighted by Gasteiger charge is 2.35. The van der Waals surface area contributed by atoms with Gasteiger partial charge in [-0.3, -0.25) is 4.79 Å². The van der Waals surface area contributed by atoms with Gasteiger partial charge in [0.2, 0.25) is 0 Å². The fraction of sp³-hybridized carbons (Fsp3) is 0.467. The number of carboxylic acid groups (broad SMARTS) is 1. The monoisotopic (exact) mass is 311 g/mol. The van der Waals surface area contributed by atoms with Crippen LogP contribution < -0.4 is 5.32 Å². The minimum atomic E-state index is -1.45. The Bertz CT molecular complexity index is 501. The number of thioether (sulfide) groups is 1. The van der Waals surface area contributed by atoms with Crippen molar-refractivity contribution in [3.63, 3.8) is 0 Å². The largest absolute Gasteiger partial charge is 0.479 e. The molecule has 0 aromatic heterocycles. The van der Waals surface area contributed by atoms with Crippen LogP contribution in [0.4, 0.5) is 0 Å². The van der Waals surface area contributed by atoms with Gasteiger partial charge >= 0.3 is 5.97 Å². The minimum Gasteiger partial charge on any atom is -0.479 e. The quantitative estimate of drug-likeness (QED) is 0.756. The Morgan fingerprint density at radius 3 is 2.33 bits per heavy atom. The molecule has 1 aromatic rings. The lowest BCUT2D eigenvalue weighted by Gasteiger charge is -2.25. The Balaban J connectivity index is 2.81. The maximum Gasteiger partial charge on any atom is 0.331 e. The van der Waals surface area contributed by atoms with Gasteiger partial charge in [0.25, 0.3) is 5.91 Å². The lowest BCUT2D eigenvalue weighted by molar-refractivity contribution is -0.145. The van der Waals surface area contributed by atoms with E-state index in [9.17, 15) is 14.7 Å². The second-order valence-electron chi connectivity index (χ2n) is 5.22. The van der Waals surface area contributed by atoms with Crippen LogP contribution in [0.2, 0.25) is 0 Å². The number of hydrogen-bond acceptors (Lipinski definition) is 4. The third kappa shape index (κ3) is 5.06. The number of carbonyl (C=O) groups is 2. The molecular formula is C15H21NO4S. The molecule has 0 aliphatic rings. The molecule has 0 radical (unpaired) electrons. The number of amides is 1. The van der Waals surface area contributed by atoms with Gasteiger partial charge < -0.3 is 15.2 Å². The number of carboxylic acids is 1. The van der Waals surface area contributed by atoms with Crippen LogP contribution in [0.1, 0.15) is 31.1 Å². The summed E-state index contributed by atoms with van der Waals surface area (Å²) in [5, 5.41) is 12.2. The number of aliphatic carboxylic acids is 1. The first-order valence-electron chi connectivity index (χ1n) is 6.60. The smallest absolute Gasteiger partial charge is 0.331 e. The summed E-state index contributed by atoms with van der Waals surface area (Å²) in [6.45, 7) is 5.50. The van der Waals surface area contributed by atoms with Gasteiger partial charge in [-0.15, -0.1) is 11.8 Å². The first-order chi connectivity index (χ1) is 9.78. The number of nitrogens with one attached hydrogen (secondary N) is 1. The van der Waals surface area contributed by atoms with E-state index in [0.29, 0.717) is 10.8 Å². The van der Waals surface area contributed by atoms with Gasteiger partial charge in [-0.2, -0.15) is 0 Å². The van der Waals surface area contributed by atoms with Crippen molar-refractivity contribution in [2.24, 2.45) is 0 Å². The van der Waals surface area contributed by atoms with Crippen LogP contribution in [0.15, 0.2) is 29.2 Å². The maximum absolute atomic E-state index is 12.1. The van der Waals surface area contributed by atoms with E-state index < -0.39 is 17.4 Å². The Hall–Kier alpha value is -1.53. The molecule has 0 fully saturated rings. The molecule has 5 nitrogen and oxygen atoms in total. The summed E-state index contributed by atoms with van der Waals surface area (Å²) < 4.78 is 4.87. The van der Waals surface area contributed by atoms with Crippen LogP contribution in [0.25, 0.3) is 0 Å². The van der Waals surface area contributed by atoms with E-state index in [2.05, 4.69) is 19.2 Å². The number of carbonyl (C=O) groups excluding carboxylic acids is 1. The number of benzene rings is 1. The zero-order valence-electron chi connectivity index (χ0n) is 12.7. The van der Waals surface area contributed by atoms with Crippen LogP contribution in [-0.2, 0) is 9.53 Å². The normalized spacial score (nSPS) is 13.8. The van der Waals surface area contributed by atoms with Crippen molar-refractivity contribution < 1.29 is 19.4 Å². The lowest BCUT2D eigenvalue weighted by Crippen LogP contribution is -2.55. The van der Waals surface area contributed by atoms with Gasteiger partial charge in [0.1, 0.15) is 0 Å². The third-order valence-electron chi connectivity index (χ3n) is 2.78. The van der Waals surface area contributed by atoms with Gasteiger partial charge in [-0.1, -0.05) is 13.8 Å². The van der Waals surface area contributed by atoms with Crippen molar-refractivity contribution in [2.45, 2.75) is 36.5 Å².